The number of carboxylic acids is 1. The molecule has 0 aliphatic carbocycles. The van der Waals surface area contributed by atoms with E-state index in [0.717, 1.165) is 13.0 Å². The number of nitrogens with zero attached hydrogens (tertiary/aromatic N) is 1. The van der Waals surface area contributed by atoms with Crippen LogP contribution in [0, 0.1) is 0 Å². The molecule has 0 aliphatic heterocycles. The Hall–Kier alpha value is -2.79. The minimum absolute atomic E-state index is 0.217. The minimum Gasteiger partial charge on any atom is -0.497 e. The summed E-state index contributed by atoms with van der Waals surface area (Å²) in [4.78, 5) is 13.8. The highest BCUT2D eigenvalue weighted by Crippen LogP contribution is 2.29. The molecule has 26 heavy (non-hydrogen) atoms. The van der Waals surface area contributed by atoms with Crippen LogP contribution in [0.3, 0.4) is 0 Å². The summed E-state index contributed by atoms with van der Waals surface area (Å²) >= 11 is 0. The standard InChI is InChI=1S/C21H25NO4/c1-22(2)12-7-13-26-20-15-18(25-3)11-10-17(20)14-19(21(23)24)16-8-5-4-6-9-16/h4-6,8-11,14-15H,7,12-13H2,1-3H3,(H,23,24)/b19-14-. The van der Waals surface area contributed by atoms with Gasteiger partial charge >= 0.3 is 5.97 Å². The Bertz CT molecular complexity index is 754. The molecule has 5 heteroatoms. The number of rotatable bonds is 9. The summed E-state index contributed by atoms with van der Waals surface area (Å²) < 4.78 is 11.2. The van der Waals surface area contributed by atoms with Crippen molar-refractivity contribution in [1.29, 1.82) is 0 Å². The zero-order valence-electron chi connectivity index (χ0n) is 15.4. The first kappa shape index (κ1) is 19.5. The second-order valence-electron chi connectivity index (χ2n) is 6.14. The van der Waals surface area contributed by atoms with Crippen molar-refractivity contribution in [2.45, 2.75) is 6.42 Å². The second kappa shape index (κ2) is 9.63. The summed E-state index contributed by atoms with van der Waals surface area (Å²) in [5.41, 5.74) is 1.57. The van der Waals surface area contributed by atoms with E-state index >= 15 is 0 Å². The van der Waals surface area contributed by atoms with Gasteiger partial charge in [0, 0.05) is 18.2 Å². The fourth-order valence-electron chi connectivity index (χ4n) is 2.49. The second-order valence-corrected chi connectivity index (χ2v) is 6.14. The third-order valence-electron chi connectivity index (χ3n) is 3.84. The maximum atomic E-state index is 11.7. The van der Waals surface area contributed by atoms with Crippen molar-refractivity contribution in [1.82, 2.24) is 4.90 Å². The van der Waals surface area contributed by atoms with E-state index in [0.29, 0.717) is 29.2 Å². The van der Waals surface area contributed by atoms with Crippen molar-refractivity contribution in [3.63, 3.8) is 0 Å². The zero-order chi connectivity index (χ0) is 18.9. The molecule has 0 saturated heterocycles. The molecule has 2 aromatic rings. The molecule has 138 valence electrons. The van der Waals surface area contributed by atoms with Gasteiger partial charge in [0.1, 0.15) is 11.5 Å². The van der Waals surface area contributed by atoms with Crippen molar-refractivity contribution in [2.75, 3.05) is 34.4 Å². The number of aliphatic carboxylic acids is 1. The molecule has 0 saturated carbocycles. The summed E-state index contributed by atoms with van der Waals surface area (Å²) in [5.74, 6) is 0.296. The van der Waals surface area contributed by atoms with Crippen molar-refractivity contribution >= 4 is 17.6 Å². The Morgan fingerprint density at radius 1 is 1.15 bits per heavy atom. The van der Waals surface area contributed by atoms with Gasteiger partial charge in [-0.2, -0.15) is 0 Å². The van der Waals surface area contributed by atoms with Gasteiger partial charge < -0.3 is 19.5 Å². The highest BCUT2D eigenvalue weighted by molar-refractivity contribution is 6.20. The van der Waals surface area contributed by atoms with Crippen LogP contribution in [0.25, 0.3) is 11.6 Å². The summed E-state index contributed by atoms with van der Waals surface area (Å²) in [5, 5.41) is 9.62. The van der Waals surface area contributed by atoms with Gasteiger partial charge in [-0.3, -0.25) is 0 Å². The van der Waals surface area contributed by atoms with E-state index in [9.17, 15) is 9.90 Å². The first-order chi connectivity index (χ1) is 12.5. The molecule has 0 atom stereocenters. The van der Waals surface area contributed by atoms with E-state index in [-0.39, 0.29) is 5.57 Å². The molecule has 2 rings (SSSR count). The lowest BCUT2D eigenvalue weighted by molar-refractivity contribution is -0.130. The Morgan fingerprint density at radius 3 is 2.50 bits per heavy atom. The van der Waals surface area contributed by atoms with Crippen LogP contribution < -0.4 is 9.47 Å². The monoisotopic (exact) mass is 355 g/mol. The number of hydrogen-bond acceptors (Lipinski definition) is 4. The maximum Gasteiger partial charge on any atom is 0.336 e. The lowest BCUT2D eigenvalue weighted by Gasteiger charge is -2.13. The Kier molecular flexibility index (Phi) is 7.24. The highest BCUT2D eigenvalue weighted by Gasteiger charge is 2.13. The van der Waals surface area contributed by atoms with Gasteiger partial charge in [-0.1, -0.05) is 30.3 Å². The van der Waals surface area contributed by atoms with Crippen LogP contribution >= 0.6 is 0 Å². The van der Waals surface area contributed by atoms with Crippen LogP contribution in [0.4, 0.5) is 0 Å². The number of hydrogen-bond donors (Lipinski definition) is 1. The lowest BCUT2D eigenvalue weighted by atomic mass is 10.0. The molecule has 0 unspecified atom stereocenters. The fraction of sp³-hybridized carbons (Fsp3) is 0.286. The van der Waals surface area contributed by atoms with Crippen molar-refractivity contribution in [2.24, 2.45) is 0 Å². The highest BCUT2D eigenvalue weighted by atomic mass is 16.5. The maximum absolute atomic E-state index is 11.7. The molecule has 1 N–H and O–H groups in total. The average molecular weight is 355 g/mol. The van der Waals surface area contributed by atoms with Crippen molar-refractivity contribution in [3.05, 3.63) is 59.7 Å². The van der Waals surface area contributed by atoms with E-state index in [1.54, 1.807) is 37.5 Å². The topological polar surface area (TPSA) is 59.0 Å². The first-order valence-corrected chi connectivity index (χ1v) is 8.47. The third kappa shape index (κ3) is 5.63. The van der Waals surface area contributed by atoms with Crippen molar-refractivity contribution < 1.29 is 19.4 Å². The molecule has 5 nitrogen and oxygen atoms in total. The summed E-state index contributed by atoms with van der Waals surface area (Å²) in [6.45, 7) is 1.46. The van der Waals surface area contributed by atoms with Crippen LogP contribution in [-0.4, -0.2) is 50.3 Å². The molecule has 0 fully saturated rings. The van der Waals surface area contributed by atoms with E-state index < -0.39 is 5.97 Å². The molecule has 0 amide bonds. The predicted octanol–water partition coefficient (Wildman–Crippen LogP) is 3.65. The quantitative estimate of drug-likeness (QED) is 0.423. The van der Waals surface area contributed by atoms with Gasteiger partial charge in [-0.05, 0) is 44.3 Å². The Morgan fingerprint density at radius 2 is 1.88 bits per heavy atom. The van der Waals surface area contributed by atoms with Gasteiger partial charge in [-0.25, -0.2) is 4.79 Å². The zero-order valence-corrected chi connectivity index (χ0v) is 15.4. The van der Waals surface area contributed by atoms with E-state index in [4.69, 9.17) is 9.47 Å². The van der Waals surface area contributed by atoms with Crippen LogP contribution in [0.15, 0.2) is 48.5 Å². The van der Waals surface area contributed by atoms with Crippen LogP contribution in [0.5, 0.6) is 11.5 Å². The third-order valence-corrected chi connectivity index (χ3v) is 3.84. The molecule has 0 bridgehead atoms. The minimum atomic E-state index is -0.981. The Labute approximate surface area is 154 Å². The van der Waals surface area contributed by atoms with Crippen LogP contribution in [0.1, 0.15) is 17.5 Å². The number of ether oxygens (including phenoxy) is 2. The fourth-order valence-corrected chi connectivity index (χ4v) is 2.49. The van der Waals surface area contributed by atoms with Gasteiger partial charge in [0.05, 0.1) is 19.3 Å². The summed E-state index contributed by atoms with van der Waals surface area (Å²) in [6, 6.07) is 14.4. The Balaban J connectivity index is 2.32. The van der Waals surface area contributed by atoms with Gasteiger partial charge in [-0.15, -0.1) is 0 Å². The van der Waals surface area contributed by atoms with Crippen molar-refractivity contribution in [3.8, 4) is 11.5 Å². The molecular formula is C21H25NO4. The summed E-state index contributed by atoms with van der Waals surface area (Å²) in [6.07, 6.45) is 2.51. The average Bonchev–Trinajstić information content (AvgIpc) is 2.64. The first-order valence-electron chi connectivity index (χ1n) is 8.47. The molecule has 0 aliphatic rings. The number of benzene rings is 2. The SMILES string of the molecule is COc1ccc(/C=C(\C(=O)O)c2ccccc2)c(OCCCN(C)C)c1. The van der Waals surface area contributed by atoms with Crippen LogP contribution in [0.2, 0.25) is 0 Å². The van der Waals surface area contributed by atoms with E-state index in [2.05, 4.69) is 4.90 Å². The molecule has 0 aromatic heterocycles. The van der Waals surface area contributed by atoms with Gasteiger partial charge in [0.15, 0.2) is 0 Å². The number of carboxylic acid groups (broad SMARTS) is 1. The summed E-state index contributed by atoms with van der Waals surface area (Å²) in [7, 11) is 5.62. The molecule has 2 aromatic carbocycles. The van der Waals surface area contributed by atoms with E-state index in [1.807, 2.05) is 38.4 Å². The van der Waals surface area contributed by atoms with E-state index in [1.165, 1.54) is 0 Å². The van der Waals surface area contributed by atoms with Gasteiger partial charge in [0.25, 0.3) is 0 Å². The predicted molar refractivity (Wildman–Crippen MR) is 104 cm³/mol. The lowest BCUT2D eigenvalue weighted by Crippen LogP contribution is -2.15. The van der Waals surface area contributed by atoms with Gasteiger partial charge in [0.2, 0.25) is 0 Å². The molecule has 0 heterocycles. The number of carbonyl (C=O) groups is 1. The molecule has 0 radical (unpaired) electrons. The van der Waals surface area contributed by atoms with Crippen LogP contribution in [-0.2, 0) is 4.79 Å². The normalized spacial score (nSPS) is 11.5. The smallest absolute Gasteiger partial charge is 0.336 e. The number of methoxy groups -OCH3 is 1. The largest absolute Gasteiger partial charge is 0.497 e. The molecular weight excluding hydrogens is 330 g/mol. The molecule has 0 spiro atoms.